The minimum Gasteiger partial charge on any atom is -0.489 e. The second kappa shape index (κ2) is 6.30. The van der Waals surface area contributed by atoms with E-state index in [0.29, 0.717) is 0 Å². The predicted molar refractivity (Wildman–Crippen MR) is 93.5 cm³/mol. The van der Waals surface area contributed by atoms with Crippen LogP contribution in [0.2, 0.25) is 0 Å². The van der Waals surface area contributed by atoms with E-state index in [0.717, 1.165) is 30.1 Å². The lowest BCUT2D eigenvalue weighted by molar-refractivity contribution is 0.244. The fourth-order valence-corrected chi connectivity index (χ4v) is 2.95. The Morgan fingerprint density at radius 1 is 1.14 bits per heavy atom. The molecule has 0 unspecified atom stereocenters. The Bertz CT molecular complexity index is 652. The van der Waals surface area contributed by atoms with Crippen molar-refractivity contribution in [1.82, 2.24) is 0 Å². The quantitative estimate of drug-likeness (QED) is 0.892. The highest BCUT2D eigenvalue weighted by Crippen LogP contribution is 2.32. The first-order valence-corrected chi connectivity index (χ1v) is 8.00. The SMILES string of the molecule is CC(C)Oc1ccccc1Nc1ccc2c(c1)CCCN2C. The van der Waals surface area contributed by atoms with E-state index in [2.05, 4.69) is 41.5 Å². The molecule has 1 aliphatic heterocycles. The van der Waals surface area contributed by atoms with Gasteiger partial charge in [-0.2, -0.15) is 0 Å². The number of ether oxygens (including phenoxy) is 1. The topological polar surface area (TPSA) is 24.5 Å². The van der Waals surface area contributed by atoms with E-state index in [4.69, 9.17) is 4.74 Å². The van der Waals surface area contributed by atoms with Gasteiger partial charge in [0.15, 0.2) is 0 Å². The molecule has 0 radical (unpaired) electrons. The predicted octanol–water partition coefficient (Wildman–Crippen LogP) is 4.60. The molecule has 0 saturated heterocycles. The van der Waals surface area contributed by atoms with E-state index < -0.39 is 0 Å². The molecule has 0 fully saturated rings. The number of hydrogen-bond donors (Lipinski definition) is 1. The molecule has 116 valence electrons. The van der Waals surface area contributed by atoms with Gasteiger partial charge in [-0.3, -0.25) is 0 Å². The van der Waals surface area contributed by atoms with Gasteiger partial charge in [-0.15, -0.1) is 0 Å². The number of fused-ring (bicyclic) bond motifs is 1. The van der Waals surface area contributed by atoms with E-state index in [1.54, 1.807) is 0 Å². The molecule has 2 aromatic rings. The number of hydrogen-bond acceptors (Lipinski definition) is 3. The first-order chi connectivity index (χ1) is 10.6. The summed E-state index contributed by atoms with van der Waals surface area (Å²) in [6, 6.07) is 14.7. The zero-order valence-electron chi connectivity index (χ0n) is 13.6. The van der Waals surface area contributed by atoms with Gasteiger partial charge < -0.3 is 15.0 Å². The Morgan fingerprint density at radius 2 is 1.95 bits per heavy atom. The lowest BCUT2D eigenvalue weighted by atomic mass is 10.0. The first kappa shape index (κ1) is 14.8. The molecule has 0 saturated carbocycles. The summed E-state index contributed by atoms with van der Waals surface area (Å²) in [6.45, 7) is 5.24. The number of para-hydroxylation sites is 2. The van der Waals surface area contributed by atoms with Crippen molar-refractivity contribution in [3.8, 4) is 5.75 Å². The standard InChI is InChI=1S/C19H24N2O/c1-14(2)22-19-9-5-4-8-17(19)20-16-10-11-18-15(13-16)7-6-12-21(18)3/h4-5,8-11,13-14,20H,6-7,12H2,1-3H3. The lowest BCUT2D eigenvalue weighted by Gasteiger charge is -2.28. The van der Waals surface area contributed by atoms with Gasteiger partial charge in [0.1, 0.15) is 5.75 Å². The third kappa shape index (κ3) is 3.19. The maximum atomic E-state index is 5.88. The summed E-state index contributed by atoms with van der Waals surface area (Å²) in [5.41, 5.74) is 4.90. The van der Waals surface area contributed by atoms with Crippen molar-refractivity contribution in [2.75, 3.05) is 23.8 Å². The van der Waals surface area contributed by atoms with Gasteiger partial charge in [0.05, 0.1) is 11.8 Å². The molecule has 3 heteroatoms. The number of nitrogens with one attached hydrogen (secondary N) is 1. The summed E-state index contributed by atoms with van der Waals surface area (Å²) in [5.74, 6) is 0.896. The number of benzene rings is 2. The van der Waals surface area contributed by atoms with Crippen LogP contribution in [0.15, 0.2) is 42.5 Å². The molecule has 0 spiro atoms. The smallest absolute Gasteiger partial charge is 0.143 e. The summed E-state index contributed by atoms with van der Waals surface area (Å²) >= 11 is 0. The van der Waals surface area contributed by atoms with E-state index in [-0.39, 0.29) is 6.10 Å². The van der Waals surface area contributed by atoms with Gasteiger partial charge in [0.2, 0.25) is 0 Å². The van der Waals surface area contributed by atoms with E-state index in [1.807, 2.05) is 32.0 Å². The minimum atomic E-state index is 0.167. The number of aryl methyl sites for hydroxylation is 1. The molecule has 3 rings (SSSR count). The van der Waals surface area contributed by atoms with E-state index in [9.17, 15) is 0 Å². The minimum absolute atomic E-state index is 0.167. The van der Waals surface area contributed by atoms with Crippen molar-refractivity contribution >= 4 is 17.1 Å². The van der Waals surface area contributed by atoms with Crippen molar-refractivity contribution in [2.45, 2.75) is 32.8 Å². The largest absolute Gasteiger partial charge is 0.489 e. The van der Waals surface area contributed by atoms with E-state index >= 15 is 0 Å². The van der Waals surface area contributed by atoms with Crippen LogP contribution in [0.1, 0.15) is 25.8 Å². The third-order valence-corrected chi connectivity index (χ3v) is 3.96. The molecule has 0 atom stereocenters. The average Bonchev–Trinajstić information content (AvgIpc) is 2.49. The van der Waals surface area contributed by atoms with Crippen molar-refractivity contribution in [3.63, 3.8) is 0 Å². The van der Waals surface area contributed by atoms with Gasteiger partial charge in [-0.25, -0.2) is 0 Å². The van der Waals surface area contributed by atoms with Crippen LogP contribution in [0.4, 0.5) is 17.1 Å². The van der Waals surface area contributed by atoms with Gasteiger partial charge in [0.25, 0.3) is 0 Å². The summed E-state index contributed by atoms with van der Waals surface area (Å²) in [6.07, 6.45) is 2.54. The normalized spacial score (nSPS) is 13.9. The fourth-order valence-electron chi connectivity index (χ4n) is 2.95. The monoisotopic (exact) mass is 296 g/mol. The molecule has 1 N–H and O–H groups in total. The van der Waals surface area contributed by atoms with Gasteiger partial charge >= 0.3 is 0 Å². The summed E-state index contributed by atoms with van der Waals surface area (Å²) < 4.78 is 5.88. The highest BCUT2D eigenvalue weighted by atomic mass is 16.5. The maximum Gasteiger partial charge on any atom is 0.143 e. The molecular formula is C19H24N2O. The number of rotatable bonds is 4. The van der Waals surface area contributed by atoms with Crippen molar-refractivity contribution in [3.05, 3.63) is 48.0 Å². The zero-order chi connectivity index (χ0) is 15.5. The van der Waals surface area contributed by atoms with Crippen LogP contribution in [-0.2, 0) is 6.42 Å². The molecule has 0 aliphatic carbocycles. The Labute approximate surface area is 132 Å². The third-order valence-electron chi connectivity index (χ3n) is 3.96. The molecule has 1 aliphatic rings. The molecule has 3 nitrogen and oxygen atoms in total. The summed E-state index contributed by atoms with van der Waals surface area (Å²) in [7, 11) is 2.16. The molecule has 1 heterocycles. The van der Waals surface area contributed by atoms with Crippen LogP contribution in [0.5, 0.6) is 5.75 Å². The zero-order valence-corrected chi connectivity index (χ0v) is 13.6. The highest BCUT2D eigenvalue weighted by molar-refractivity contribution is 5.70. The number of nitrogens with zero attached hydrogens (tertiary/aromatic N) is 1. The molecule has 0 amide bonds. The van der Waals surface area contributed by atoms with Crippen molar-refractivity contribution in [1.29, 1.82) is 0 Å². The number of anilines is 3. The maximum absolute atomic E-state index is 5.88. The van der Waals surface area contributed by atoms with Crippen LogP contribution in [-0.4, -0.2) is 19.7 Å². The van der Waals surface area contributed by atoms with Crippen molar-refractivity contribution in [2.24, 2.45) is 0 Å². The van der Waals surface area contributed by atoms with Crippen LogP contribution in [0.25, 0.3) is 0 Å². The Morgan fingerprint density at radius 3 is 2.77 bits per heavy atom. The van der Waals surface area contributed by atoms with Gasteiger partial charge in [0, 0.05) is 25.0 Å². The molecule has 2 aromatic carbocycles. The van der Waals surface area contributed by atoms with Crippen LogP contribution < -0.4 is 15.0 Å². The Kier molecular flexibility index (Phi) is 4.23. The summed E-state index contributed by atoms with van der Waals surface area (Å²) in [4.78, 5) is 2.33. The lowest BCUT2D eigenvalue weighted by Crippen LogP contribution is -2.24. The second-order valence-electron chi connectivity index (χ2n) is 6.16. The Balaban J connectivity index is 1.85. The van der Waals surface area contributed by atoms with Crippen LogP contribution in [0.3, 0.4) is 0 Å². The Hall–Kier alpha value is -2.16. The molecular weight excluding hydrogens is 272 g/mol. The average molecular weight is 296 g/mol. The fraction of sp³-hybridized carbons (Fsp3) is 0.368. The van der Waals surface area contributed by atoms with Gasteiger partial charge in [-0.1, -0.05) is 12.1 Å². The van der Waals surface area contributed by atoms with Crippen molar-refractivity contribution < 1.29 is 4.74 Å². The summed E-state index contributed by atoms with van der Waals surface area (Å²) in [5, 5.41) is 3.50. The molecule has 0 bridgehead atoms. The first-order valence-electron chi connectivity index (χ1n) is 8.00. The van der Waals surface area contributed by atoms with E-state index in [1.165, 1.54) is 17.7 Å². The molecule has 0 aromatic heterocycles. The highest BCUT2D eigenvalue weighted by Gasteiger charge is 2.14. The van der Waals surface area contributed by atoms with Crippen LogP contribution >= 0.6 is 0 Å². The van der Waals surface area contributed by atoms with Crippen LogP contribution in [0, 0.1) is 0 Å². The van der Waals surface area contributed by atoms with Gasteiger partial charge in [-0.05, 0) is 62.6 Å². The second-order valence-corrected chi connectivity index (χ2v) is 6.16. The molecule has 22 heavy (non-hydrogen) atoms.